The molecule has 4 heterocycles. The van der Waals surface area contributed by atoms with Crippen molar-refractivity contribution in [3.05, 3.63) is 53.7 Å². The Hall–Kier alpha value is -4.91. The van der Waals surface area contributed by atoms with Gasteiger partial charge >= 0.3 is 30.3 Å². The van der Waals surface area contributed by atoms with Gasteiger partial charge in [0.15, 0.2) is 5.82 Å². The van der Waals surface area contributed by atoms with Crippen LogP contribution in [0.1, 0.15) is 57.4 Å². The second-order valence-corrected chi connectivity index (χ2v) is 14.5. The van der Waals surface area contributed by atoms with E-state index in [9.17, 15) is 30.7 Å². The van der Waals surface area contributed by atoms with Crippen LogP contribution in [-0.4, -0.2) is 111 Å². The first-order chi connectivity index (χ1) is 26.7. The van der Waals surface area contributed by atoms with Crippen molar-refractivity contribution < 1.29 is 59.7 Å². The number of aliphatic carboxylic acids is 2. The first-order valence-corrected chi connectivity index (χ1v) is 18.2. The van der Waals surface area contributed by atoms with Gasteiger partial charge in [-0.3, -0.25) is 9.88 Å². The lowest BCUT2D eigenvalue weighted by Crippen LogP contribution is -2.54. The second kappa shape index (κ2) is 16.9. The van der Waals surface area contributed by atoms with E-state index >= 15 is 4.39 Å². The van der Waals surface area contributed by atoms with Crippen LogP contribution in [-0.2, 0) is 16.0 Å². The number of benzene rings is 2. The van der Waals surface area contributed by atoms with Gasteiger partial charge in [0, 0.05) is 23.8 Å². The summed E-state index contributed by atoms with van der Waals surface area (Å²) in [5.74, 6) is -5.85. The lowest BCUT2D eigenvalue weighted by atomic mass is 9.75. The van der Waals surface area contributed by atoms with Gasteiger partial charge in [-0.05, 0) is 101 Å². The predicted octanol–water partition coefficient (Wildman–Crippen LogP) is 7.86. The van der Waals surface area contributed by atoms with Gasteiger partial charge in [0.2, 0.25) is 0 Å². The van der Waals surface area contributed by atoms with E-state index in [-0.39, 0.29) is 34.1 Å². The molecule has 0 spiro atoms. The Labute approximate surface area is 322 Å². The van der Waals surface area contributed by atoms with E-state index in [0.717, 1.165) is 57.0 Å². The van der Waals surface area contributed by atoms with Gasteiger partial charge in [0.1, 0.15) is 29.5 Å². The molecule has 0 bridgehead atoms. The summed E-state index contributed by atoms with van der Waals surface area (Å²) in [6.07, 6.45) is -0.169. The molecule has 310 valence electrons. The third-order valence-electron chi connectivity index (χ3n) is 11.0. The van der Waals surface area contributed by atoms with Gasteiger partial charge in [-0.15, -0.1) is 0 Å². The number of pyridine rings is 1. The number of aryl methyl sites for hydroxylation is 1. The molecule has 0 atom stereocenters. The number of carboxylic acid groups (broad SMARTS) is 2. The number of anilines is 1. The van der Waals surface area contributed by atoms with Crippen LogP contribution in [0.25, 0.3) is 32.9 Å². The van der Waals surface area contributed by atoms with Crippen LogP contribution in [0.2, 0.25) is 0 Å². The van der Waals surface area contributed by atoms with Crippen molar-refractivity contribution in [2.24, 2.45) is 0 Å². The molecule has 3 N–H and O–H groups in total. The number of aromatic nitrogens is 3. The Balaban J connectivity index is 0.000000380. The number of carbonyl (C=O) groups is 2. The van der Waals surface area contributed by atoms with Gasteiger partial charge in [0.25, 0.3) is 0 Å². The van der Waals surface area contributed by atoms with Crippen molar-refractivity contribution in [1.29, 1.82) is 0 Å². The highest BCUT2D eigenvalue weighted by Gasteiger charge is 2.45. The van der Waals surface area contributed by atoms with Crippen LogP contribution in [0.15, 0.2) is 36.5 Å². The number of nitrogens with zero attached hydrogens (tertiary/aromatic N) is 5. The minimum absolute atomic E-state index is 0.0123. The van der Waals surface area contributed by atoms with Gasteiger partial charge in [-0.1, -0.05) is 31.2 Å². The molecule has 57 heavy (non-hydrogen) atoms. The van der Waals surface area contributed by atoms with E-state index in [0.29, 0.717) is 47.3 Å². The number of alkyl halides is 6. The first kappa shape index (κ1) is 43.2. The van der Waals surface area contributed by atoms with Gasteiger partial charge in [0.05, 0.1) is 10.9 Å². The zero-order valence-electron chi connectivity index (χ0n) is 31.3. The van der Waals surface area contributed by atoms with Crippen LogP contribution < -0.4 is 10.1 Å². The number of fused-ring (bicyclic) bond motifs is 3. The van der Waals surface area contributed by atoms with Gasteiger partial charge < -0.3 is 25.2 Å². The molecule has 19 heteroatoms. The van der Waals surface area contributed by atoms with Crippen molar-refractivity contribution in [2.75, 3.05) is 45.7 Å². The molecule has 7 rings (SSSR count). The zero-order chi connectivity index (χ0) is 41.9. The summed E-state index contributed by atoms with van der Waals surface area (Å²) >= 11 is 0. The van der Waals surface area contributed by atoms with E-state index in [1.165, 1.54) is 12.5 Å². The summed E-state index contributed by atoms with van der Waals surface area (Å²) in [5, 5.41) is 19.8. The number of likely N-dealkylation sites (N-methyl/N-ethyl adjacent to an activating group) is 1. The maximum absolute atomic E-state index is 16.7. The Morgan fingerprint density at radius 1 is 0.912 bits per heavy atom. The number of hydrogen-bond acceptors (Lipinski definition) is 9. The van der Waals surface area contributed by atoms with Crippen molar-refractivity contribution in [3.8, 4) is 17.3 Å². The van der Waals surface area contributed by atoms with Crippen LogP contribution >= 0.6 is 0 Å². The number of rotatable bonds is 9. The van der Waals surface area contributed by atoms with Crippen molar-refractivity contribution >= 4 is 39.4 Å². The third-order valence-corrected chi connectivity index (χ3v) is 11.0. The Morgan fingerprint density at radius 2 is 1.53 bits per heavy atom. The molecular formula is C38H42F8N6O5. The number of carboxylic acids is 2. The Bertz CT molecular complexity index is 2070. The molecule has 2 aromatic carbocycles. The Morgan fingerprint density at radius 3 is 2.05 bits per heavy atom. The number of ether oxygens (including phenoxy) is 1. The molecule has 0 unspecified atom stereocenters. The summed E-state index contributed by atoms with van der Waals surface area (Å²) in [5.41, 5.74) is 1.45. The van der Waals surface area contributed by atoms with Crippen molar-refractivity contribution in [1.82, 2.24) is 24.8 Å². The zero-order valence-corrected chi connectivity index (χ0v) is 31.3. The van der Waals surface area contributed by atoms with Crippen molar-refractivity contribution in [2.45, 2.75) is 81.7 Å². The van der Waals surface area contributed by atoms with E-state index in [1.54, 1.807) is 18.3 Å². The number of halogens is 8. The largest absolute Gasteiger partial charge is 0.490 e. The molecule has 2 aliphatic heterocycles. The maximum atomic E-state index is 16.7. The molecule has 1 aliphatic carbocycles. The van der Waals surface area contributed by atoms with Crippen LogP contribution in [0.4, 0.5) is 40.9 Å². The molecule has 0 amide bonds. The molecule has 4 aromatic rings. The average molecular weight is 815 g/mol. The number of hydrogen-bond donors (Lipinski definition) is 3. The topological polar surface area (TPSA) is 141 Å². The SMILES string of the molecule is CCc1c(F)ccc2cccc(-c3ncc4c(NCC5(N(C)C)CCC5)nc(OCC56CCCN5CCC6)nc4c3F)c12.O=C(O)C(F)(F)F.O=C(O)C(F)(F)F. The van der Waals surface area contributed by atoms with Crippen molar-refractivity contribution in [3.63, 3.8) is 0 Å². The predicted molar refractivity (Wildman–Crippen MR) is 194 cm³/mol. The molecule has 1 saturated carbocycles. The smallest absolute Gasteiger partial charge is 0.475 e. The molecular weight excluding hydrogens is 772 g/mol. The maximum Gasteiger partial charge on any atom is 0.490 e. The van der Waals surface area contributed by atoms with Gasteiger partial charge in [-0.2, -0.15) is 36.3 Å². The average Bonchev–Trinajstić information content (AvgIpc) is 3.71. The highest BCUT2D eigenvalue weighted by molar-refractivity contribution is 6.00. The fourth-order valence-corrected chi connectivity index (χ4v) is 7.67. The fourth-order valence-electron chi connectivity index (χ4n) is 7.67. The van der Waals surface area contributed by atoms with Gasteiger partial charge in [-0.25, -0.2) is 18.4 Å². The first-order valence-electron chi connectivity index (χ1n) is 18.2. The minimum atomic E-state index is -5.08. The molecule has 3 fully saturated rings. The van der Waals surface area contributed by atoms with E-state index < -0.39 is 30.1 Å². The summed E-state index contributed by atoms with van der Waals surface area (Å²) < 4.78 is 101. The second-order valence-electron chi connectivity index (χ2n) is 14.5. The highest BCUT2D eigenvalue weighted by Crippen LogP contribution is 2.41. The molecule has 2 aromatic heterocycles. The van der Waals surface area contributed by atoms with Crippen LogP contribution in [0, 0.1) is 11.6 Å². The summed E-state index contributed by atoms with van der Waals surface area (Å²) in [6, 6.07) is 8.96. The molecule has 3 aliphatic rings. The van der Waals surface area contributed by atoms with Crippen LogP contribution in [0.3, 0.4) is 0 Å². The fraction of sp³-hybridized carbons (Fsp3) is 0.500. The normalized spacial score (nSPS) is 17.3. The van der Waals surface area contributed by atoms with Crippen LogP contribution in [0.5, 0.6) is 6.01 Å². The third kappa shape index (κ3) is 9.29. The van der Waals surface area contributed by atoms with E-state index in [2.05, 4.69) is 39.2 Å². The summed E-state index contributed by atoms with van der Waals surface area (Å²) in [4.78, 5) is 36.6. The lowest BCUT2D eigenvalue weighted by molar-refractivity contribution is -0.193. The quantitative estimate of drug-likeness (QED) is 0.142. The van der Waals surface area contributed by atoms with E-state index in [1.807, 2.05) is 19.1 Å². The summed E-state index contributed by atoms with van der Waals surface area (Å²) in [6.45, 7) is 5.26. The standard InChI is InChI=1S/C34H40F2N6O.2C2HF3O2/c1-4-23-26(35)12-11-22-9-5-10-24(27(22)23)29-28(36)30-25(19-37-29)31(38-20-33(41(2)3)13-6-14-33)40-32(39-30)43-21-34-15-7-17-42(34)18-8-16-34;2*3-2(4,5)1(6)7/h5,9-12,19H,4,6-8,13-18,20-21H2,1-3H3,(H,38,39,40);2*(H,6,7). The molecule has 0 radical (unpaired) electrons. The Kier molecular flexibility index (Phi) is 12.8. The highest BCUT2D eigenvalue weighted by atomic mass is 19.4. The van der Waals surface area contributed by atoms with E-state index in [4.69, 9.17) is 29.5 Å². The minimum Gasteiger partial charge on any atom is -0.475 e. The summed E-state index contributed by atoms with van der Waals surface area (Å²) in [7, 11) is 4.21. The monoisotopic (exact) mass is 814 g/mol. The lowest BCUT2D eigenvalue weighted by Gasteiger charge is -2.47. The number of nitrogens with one attached hydrogen (secondary N) is 1. The molecule has 11 nitrogen and oxygen atoms in total. The molecule has 2 saturated heterocycles.